The van der Waals surface area contributed by atoms with Crippen molar-refractivity contribution in [2.45, 2.75) is 32.3 Å². The summed E-state index contributed by atoms with van der Waals surface area (Å²) in [4.78, 5) is 0. The molecule has 0 aromatic heterocycles. The molecule has 2 atom stereocenters. The molecule has 0 aliphatic rings. The standard InChI is InChI=1S/C20H20Cl6O2/c1-27-15-7-3-13(4-8-15)17(11-19(21,22)23)18(12-20(24,25)26)14-5-9-16(28-2)10-6-14/h3-10,17-18H,11-12H2,1-2H3. The number of alkyl halides is 6. The highest BCUT2D eigenvalue weighted by molar-refractivity contribution is 6.68. The van der Waals surface area contributed by atoms with Gasteiger partial charge in [-0.2, -0.15) is 0 Å². The van der Waals surface area contributed by atoms with Crippen molar-refractivity contribution in [2.24, 2.45) is 0 Å². The second kappa shape index (κ2) is 10.2. The molecule has 0 saturated carbocycles. The van der Waals surface area contributed by atoms with Crippen molar-refractivity contribution < 1.29 is 9.47 Å². The van der Waals surface area contributed by atoms with Crippen LogP contribution in [0.1, 0.15) is 35.8 Å². The summed E-state index contributed by atoms with van der Waals surface area (Å²) in [5, 5.41) is 0. The van der Waals surface area contributed by atoms with Crippen molar-refractivity contribution in [1.29, 1.82) is 0 Å². The summed E-state index contributed by atoms with van der Waals surface area (Å²) in [7, 11) is 3.22. The zero-order valence-corrected chi connectivity index (χ0v) is 19.8. The lowest BCUT2D eigenvalue weighted by Crippen LogP contribution is -2.22. The summed E-state index contributed by atoms with van der Waals surface area (Å²) in [6.45, 7) is 0. The van der Waals surface area contributed by atoms with E-state index in [-0.39, 0.29) is 24.7 Å². The predicted octanol–water partition coefficient (Wildman–Crippen LogP) is 8.09. The summed E-state index contributed by atoms with van der Waals surface area (Å²) in [6.07, 6.45) is 0.503. The van der Waals surface area contributed by atoms with E-state index in [4.69, 9.17) is 79.1 Å². The van der Waals surface area contributed by atoms with Crippen LogP contribution in [0.25, 0.3) is 0 Å². The van der Waals surface area contributed by atoms with Gasteiger partial charge >= 0.3 is 0 Å². The molecule has 0 aliphatic carbocycles. The molecule has 0 amide bonds. The third-order valence-corrected chi connectivity index (χ3v) is 5.40. The molecule has 2 aromatic rings. The Kier molecular flexibility index (Phi) is 8.76. The highest BCUT2D eigenvalue weighted by atomic mass is 35.6. The van der Waals surface area contributed by atoms with Crippen LogP contribution in [0, 0.1) is 0 Å². The van der Waals surface area contributed by atoms with Crippen molar-refractivity contribution in [3.63, 3.8) is 0 Å². The first-order valence-corrected chi connectivity index (χ1v) is 10.7. The van der Waals surface area contributed by atoms with Crippen LogP contribution in [0.4, 0.5) is 0 Å². The van der Waals surface area contributed by atoms with E-state index in [2.05, 4.69) is 0 Å². The Bertz CT molecular complexity index is 670. The molecule has 0 spiro atoms. The largest absolute Gasteiger partial charge is 0.497 e. The number of halogens is 6. The Morgan fingerprint density at radius 2 is 0.893 bits per heavy atom. The molecule has 8 heteroatoms. The van der Waals surface area contributed by atoms with E-state index in [1.165, 1.54) is 0 Å². The first-order chi connectivity index (χ1) is 13.0. The summed E-state index contributed by atoms with van der Waals surface area (Å²) < 4.78 is 7.55. The molecule has 0 bridgehead atoms. The number of methoxy groups -OCH3 is 2. The van der Waals surface area contributed by atoms with E-state index >= 15 is 0 Å². The van der Waals surface area contributed by atoms with Crippen LogP contribution >= 0.6 is 69.6 Å². The number of rotatable bonds is 7. The zero-order valence-electron chi connectivity index (χ0n) is 15.3. The Morgan fingerprint density at radius 1 is 0.607 bits per heavy atom. The normalized spacial score (nSPS) is 14.4. The van der Waals surface area contributed by atoms with Gasteiger partial charge in [0, 0.05) is 12.8 Å². The molecule has 28 heavy (non-hydrogen) atoms. The first kappa shape index (κ1) is 24.1. The minimum Gasteiger partial charge on any atom is -0.497 e. The van der Waals surface area contributed by atoms with Crippen molar-refractivity contribution in [1.82, 2.24) is 0 Å². The van der Waals surface area contributed by atoms with Crippen LogP contribution in [-0.2, 0) is 0 Å². The lowest BCUT2D eigenvalue weighted by Gasteiger charge is -2.32. The van der Waals surface area contributed by atoms with Crippen LogP contribution in [0.5, 0.6) is 11.5 Å². The molecule has 2 unspecified atom stereocenters. The highest BCUT2D eigenvalue weighted by Gasteiger charge is 2.37. The molecule has 2 rings (SSSR count). The lowest BCUT2D eigenvalue weighted by atomic mass is 9.78. The molecule has 0 radical (unpaired) electrons. The molecular formula is C20H20Cl6O2. The first-order valence-electron chi connectivity index (χ1n) is 8.44. The molecule has 0 fully saturated rings. The lowest BCUT2D eigenvalue weighted by molar-refractivity contribution is 0.413. The molecule has 0 saturated heterocycles. The van der Waals surface area contributed by atoms with Crippen LogP contribution in [0.3, 0.4) is 0 Å². The second-order valence-corrected chi connectivity index (χ2v) is 11.4. The number of ether oxygens (including phenoxy) is 2. The monoisotopic (exact) mass is 502 g/mol. The third-order valence-electron chi connectivity index (χ3n) is 4.48. The van der Waals surface area contributed by atoms with E-state index in [9.17, 15) is 0 Å². The Morgan fingerprint density at radius 3 is 1.11 bits per heavy atom. The van der Waals surface area contributed by atoms with E-state index in [1.54, 1.807) is 14.2 Å². The third kappa shape index (κ3) is 7.55. The highest BCUT2D eigenvalue weighted by Crippen LogP contribution is 2.49. The molecule has 2 aromatic carbocycles. The summed E-state index contributed by atoms with van der Waals surface area (Å²) in [6, 6.07) is 15.2. The fourth-order valence-corrected chi connectivity index (χ4v) is 4.18. The molecular weight excluding hydrogens is 485 g/mol. The van der Waals surface area contributed by atoms with Crippen molar-refractivity contribution in [3.8, 4) is 11.5 Å². The van der Waals surface area contributed by atoms with Crippen molar-refractivity contribution in [2.75, 3.05) is 14.2 Å². The molecule has 2 nitrogen and oxygen atoms in total. The van der Waals surface area contributed by atoms with Gasteiger partial charge in [0.05, 0.1) is 14.2 Å². The number of hydrogen-bond acceptors (Lipinski definition) is 2. The van der Waals surface area contributed by atoms with Gasteiger partial charge in [-0.15, -0.1) is 0 Å². The van der Waals surface area contributed by atoms with Gasteiger partial charge in [0.15, 0.2) is 7.59 Å². The quantitative estimate of drug-likeness (QED) is 0.355. The van der Waals surface area contributed by atoms with E-state index in [0.717, 1.165) is 22.6 Å². The Labute approximate surface area is 195 Å². The summed E-state index contributed by atoms with van der Waals surface area (Å²) in [5.74, 6) is 1.06. The maximum absolute atomic E-state index is 6.17. The smallest absolute Gasteiger partial charge is 0.191 e. The van der Waals surface area contributed by atoms with Crippen LogP contribution < -0.4 is 9.47 Å². The molecule has 154 valence electrons. The summed E-state index contributed by atoms with van der Waals surface area (Å²) in [5.41, 5.74) is 1.92. The maximum atomic E-state index is 6.17. The minimum absolute atomic E-state index is 0.206. The summed E-state index contributed by atoms with van der Waals surface area (Å²) >= 11 is 37.0. The minimum atomic E-state index is -1.47. The van der Waals surface area contributed by atoms with Crippen molar-refractivity contribution in [3.05, 3.63) is 59.7 Å². The van der Waals surface area contributed by atoms with Gasteiger partial charge in [-0.1, -0.05) is 93.9 Å². The van der Waals surface area contributed by atoms with Gasteiger partial charge < -0.3 is 9.47 Å². The zero-order chi connectivity index (χ0) is 20.9. The fraction of sp³-hybridized carbons (Fsp3) is 0.400. The van der Waals surface area contributed by atoms with E-state index < -0.39 is 7.59 Å². The molecule has 0 N–H and O–H groups in total. The van der Waals surface area contributed by atoms with Gasteiger partial charge in [-0.25, -0.2) is 0 Å². The number of benzene rings is 2. The SMILES string of the molecule is COc1ccc(C(CC(Cl)(Cl)Cl)C(CC(Cl)(Cl)Cl)c2ccc(OC)cc2)cc1. The van der Waals surface area contributed by atoms with Crippen LogP contribution in [-0.4, -0.2) is 21.8 Å². The molecule has 0 aliphatic heterocycles. The topological polar surface area (TPSA) is 18.5 Å². The fourth-order valence-electron chi connectivity index (χ4n) is 3.19. The van der Waals surface area contributed by atoms with Gasteiger partial charge in [-0.3, -0.25) is 0 Å². The number of hydrogen-bond donors (Lipinski definition) is 0. The average Bonchev–Trinajstić information content (AvgIpc) is 2.63. The van der Waals surface area contributed by atoms with Gasteiger partial charge in [-0.05, 0) is 47.2 Å². The van der Waals surface area contributed by atoms with Gasteiger partial charge in [0.25, 0.3) is 0 Å². The Hall–Kier alpha value is -0.220. The molecule has 0 heterocycles. The Balaban J connectivity index is 2.51. The predicted molar refractivity (Wildman–Crippen MR) is 121 cm³/mol. The van der Waals surface area contributed by atoms with Crippen LogP contribution in [0.15, 0.2) is 48.5 Å². The average molecular weight is 505 g/mol. The van der Waals surface area contributed by atoms with Gasteiger partial charge in [0.1, 0.15) is 11.5 Å². The van der Waals surface area contributed by atoms with E-state index in [0.29, 0.717) is 0 Å². The van der Waals surface area contributed by atoms with E-state index in [1.807, 2.05) is 48.5 Å². The van der Waals surface area contributed by atoms with Crippen LogP contribution in [0.2, 0.25) is 0 Å². The van der Waals surface area contributed by atoms with Gasteiger partial charge in [0.2, 0.25) is 0 Å². The second-order valence-electron chi connectivity index (χ2n) is 6.40. The maximum Gasteiger partial charge on any atom is 0.191 e. The van der Waals surface area contributed by atoms with Crippen molar-refractivity contribution >= 4 is 69.6 Å².